The second-order valence-corrected chi connectivity index (χ2v) is 35.6. The van der Waals surface area contributed by atoms with Crippen LogP contribution in [-0.2, 0) is 5.41 Å². The van der Waals surface area contributed by atoms with Gasteiger partial charge in [0.2, 0.25) is 0 Å². The van der Waals surface area contributed by atoms with Crippen molar-refractivity contribution in [3.8, 4) is 78.8 Å². The Morgan fingerprint density at radius 1 is 0.225 bits per heavy atom. The molecule has 5 heterocycles. The van der Waals surface area contributed by atoms with E-state index in [2.05, 4.69) is 354 Å². The van der Waals surface area contributed by atoms with Crippen molar-refractivity contribution in [3.63, 3.8) is 0 Å². The van der Waals surface area contributed by atoms with E-state index in [9.17, 15) is 0 Å². The summed E-state index contributed by atoms with van der Waals surface area (Å²) in [7, 11) is 0. The molecule has 0 radical (unpaired) electrons. The van der Waals surface area contributed by atoms with E-state index in [1.54, 1.807) is 0 Å². The third-order valence-electron chi connectivity index (χ3n) is 26.8. The molecule has 7 nitrogen and oxygen atoms in total. The minimum atomic E-state index is -0.0670. The van der Waals surface area contributed by atoms with E-state index >= 15 is 0 Å². The van der Waals surface area contributed by atoms with Gasteiger partial charge in [-0.05, 0) is 186 Å². The van der Waals surface area contributed by atoms with Gasteiger partial charge < -0.3 is 4.42 Å². The number of thiophene rings is 1. The van der Waals surface area contributed by atoms with Crippen LogP contribution in [0.4, 0.5) is 0 Å². The van der Waals surface area contributed by atoms with Crippen LogP contribution in [0, 0.1) is 0 Å². The van der Waals surface area contributed by atoms with E-state index in [-0.39, 0.29) is 5.41 Å². The molecule has 0 saturated carbocycles. The molecule has 0 atom stereocenters. The summed E-state index contributed by atoms with van der Waals surface area (Å²) >= 11 is 1.88. The molecule has 8 heteroatoms. The number of fused-ring (bicyclic) bond motifs is 33. The SMILES string of the molecule is CC1(C)c2ccccc2-c2c1c1ccccc1c1c2ccc2cc(-c3nc(-c4ccccc4)c4ccccc4n3)ccc21.c1ccc(-c2nc3ccc4ccccc4c3nc2-c2ccc3c(ccc4ccc5ccc6sc7ccccc7c6c5c43)c2)cc1.c1ccc(-c2nc3ccccc3nc2-c2ccc3c(ccc4ccc5ccc6oc7ccccc7c6c5c43)c2)cc1. The standard InChI is InChI=1S/C42H24N2S.C41H28N2.C38H22N2O/c1-2-9-28(10-3-1)40-41(44-42-32-11-5-4-8-25(32)19-22-34(42)43-40)30-18-21-31-29(24-30)17-16-26-14-15-27-20-23-36-39(38(27)37(26)31)33-12-6-7-13-35(33)45-36;1-41(2)34-18-10-8-16-31(34)37-33-23-20-26-24-27(21-22-28(26)36(33)29-14-6-7-15-30(29)38(37)41)40-42-35-19-11-9-17-32(35)39(43-40)25-12-4-3-5-13-25;1-2-8-25(9-3-1)37-38(40-31-12-6-5-11-30(31)39-37)27-18-20-28-26(22-27)17-16-23-14-15-24-19-21-33-36(35(24)34(23)28)29-10-4-7-13-32(29)41-33/h1-24H;3-24H,1-2H3;1-22H. The van der Waals surface area contributed by atoms with E-state index in [0.717, 1.165) is 123 Å². The monoisotopic (exact) mass is 1660 g/mol. The molecule has 0 spiro atoms. The van der Waals surface area contributed by atoms with Gasteiger partial charge in [0.05, 0.1) is 56.1 Å². The Bertz CT molecular complexity index is 9430. The molecule has 129 heavy (non-hydrogen) atoms. The number of para-hydroxylation sites is 4. The Labute approximate surface area is 744 Å². The minimum Gasteiger partial charge on any atom is -0.456 e. The molecule has 0 aliphatic heterocycles. The van der Waals surface area contributed by atoms with Gasteiger partial charge in [-0.2, -0.15) is 0 Å². The van der Waals surface area contributed by atoms with Crippen LogP contribution in [0.1, 0.15) is 25.0 Å². The lowest BCUT2D eigenvalue weighted by molar-refractivity contribution is 0.666. The van der Waals surface area contributed by atoms with Crippen LogP contribution in [0.15, 0.2) is 417 Å². The van der Waals surface area contributed by atoms with Crippen LogP contribution in [0.2, 0.25) is 0 Å². The first kappa shape index (κ1) is 74.0. The van der Waals surface area contributed by atoms with Crippen LogP contribution in [-0.4, -0.2) is 29.9 Å². The molecule has 0 bridgehead atoms. The summed E-state index contributed by atoms with van der Waals surface area (Å²) in [5.41, 5.74) is 22.8. The first-order valence-corrected chi connectivity index (χ1v) is 44.8. The number of benzene rings is 22. The Morgan fingerprint density at radius 3 is 1.34 bits per heavy atom. The fraction of sp³-hybridized carbons (Fsp3) is 0.0248. The highest BCUT2D eigenvalue weighted by Crippen LogP contribution is 2.56. The topological polar surface area (TPSA) is 90.5 Å². The molecule has 600 valence electrons. The van der Waals surface area contributed by atoms with Crippen LogP contribution in [0.3, 0.4) is 0 Å². The highest BCUT2D eigenvalue weighted by Gasteiger charge is 2.39. The molecular weight excluding hydrogens is 1590 g/mol. The molecule has 0 unspecified atom stereocenters. The summed E-state index contributed by atoms with van der Waals surface area (Å²) < 4.78 is 8.93. The fourth-order valence-corrected chi connectivity index (χ4v) is 22.1. The van der Waals surface area contributed by atoms with E-state index < -0.39 is 0 Å². The van der Waals surface area contributed by atoms with Gasteiger partial charge in [-0.1, -0.05) is 360 Å². The normalized spacial score (nSPS) is 12.5. The highest BCUT2D eigenvalue weighted by atomic mass is 32.1. The van der Waals surface area contributed by atoms with E-state index in [0.29, 0.717) is 0 Å². The Kier molecular flexibility index (Phi) is 16.8. The van der Waals surface area contributed by atoms with Crippen molar-refractivity contribution in [1.29, 1.82) is 0 Å². The third-order valence-corrected chi connectivity index (χ3v) is 28.0. The maximum Gasteiger partial charge on any atom is 0.160 e. The molecule has 1 aliphatic rings. The first-order chi connectivity index (χ1) is 63.7. The van der Waals surface area contributed by atoms with Crippen molar-refractivity contribution in [2.75, 3.05) is 0 Å². The third kappa shape index (κ3) is 11.9. The number of hydrogen-bond acceptors (Lipinski definition) is 8. The van der Waals surface area contributed by atoms with Gasteiger partial charge in [0, 0.05) is 85.9 Å². The van der Waals surface area contributed by atoms with Crippen molar-refractivity contribution in [2.45, 2.75) is 19.3 Å². The zero-order chi connectivity index (χ0) is 85.1. The molecule has 5 aromatic heterocycles. The molecule has 28 rings (SSSR count). The lowest BCUT2D eigenvalue weighted by Gasteiger charge is -2.24. The van der Waals surface area contributed by atoms with Gasteiger partial charge in [-0.15, -0.1) is 11.3 Å². The maximum atomic E-state index is 6.27. The highest BCUT2D eigenvalue weighted by molar-refractivity contribution is 7.26. The fourth-order valence-electron chi connectivity index (χ4n) is 20.9. The number of nitrogens with zero attached hydrogens (tertiary/aromatic N) is 6. The quantitative estimate of drug-likeness (QED) is 0.153. The molecule has 1 aliphatic carbocycles. The maximum absolute atomic E-state index is 6.27. The second-order valence-electron chi connectivity index (χ2n) is 34.5. The van der Waals surface area contributed by atoms with Gasteiger partial charge in [0.1, 0.15) is 11.2 Å². The molecule has 0 saturated heterocycles. The van der Waals surface area contributed by atoms with Crippen molar-refractivity contribution in [1.82, 2.24) is 29.9 Å². The summed E-state index contributed by atoms with van der Waals surface area (Å²) in [6, 6.07) is 147. The summed E-state index contributed by atoms with van der Waals surface area (Å²) in [5, 5.41) is 31.0. The predicted molar refractivity (Wildman–Crippen MR) is 544 cm³/mol. The lowest BCUT2D eigenvalue weighted by atomic mass is 9.79. The lowest BCUT2D eigenvalue weighted by Crippen LogP contribution is -2.15. The van der Waals surface area contributed by atoms with E-state index in [1.807, 2.05) is 84.1 Å². The van der Waals surface area contributed by atoms with Crippen molar-refractivity contribution in [2.24, 2.45) is 0 Å². The smallest absolute Gasteiger partial charge is 0.160 e. The minimum absolute atomic E-state index is 0.0670. The van der Waals surface area contributed by atoms with Gasteiger partial charge in [0.25, 0.3) is 0 Å². The molecule has 0 fully saturated rings. The molecule has 27 aromatic rings. The zero-order valence-electron chi connectivity index (χ0n) is 70.3. The largest absolute Gasteiger partial charge is 0.456 e. The number of hydrogen-bond donors (Lipinski definition) is 0. The Balaban J connectivity index is 0.000000102. The number of aromatic nitrogens is 6. The average molecular weight is 1660 g/mol. The zero-order valence-corrected chi connectivity index (χ0v) is 71.1. The van der Waals surface area contributed by atoms with Crippen LogP contribution >= 0.6 is 11.3 Å². The number of furan rings is 1. The number of rotatable bonds is 6. The van der Waals surface area contributed by atoms with Gasteiger partial charge in [0.15, 0.2) is 5.82 Å². The van der Waals surface area contributed by atoms with Crippen molar-refractivity contribution < 1.29 is 4.42 Å². The Morgan fingerprint density at radius 2 is 0.674 bits per heavy atom. The first-order valence-electron chi connectivity index (χ1n) is 44.0. The van der Waals surface area contributed by atoms with E-state index in [1.165, 1.54) is 150 Å². The molecular formula is C121H74N6OS. The summed E-state index contributed by atoms with van der Waals surface area (Å²) in [4.78, 5) is 31.0. The molecule has 0 amide bonds. The van der Waals surface area contributed by atoms with E-state index in [4.69, 9.17) is 34.3 Å². The van der Waals surface area contributed by atoms with Gasteiger partial charge in [-0.3, -0.25) is 0 Å². The summed E-state index contributed by atoms with van der Waals surface area (Å²) in [6.07, 6.45) is 0. The van der Waals surface area contributed by atoms with Gasteiger partial charge >= 0.3 is 0 Å². The molecule has 0 N–H and O–H groups in total. The molecule has 22 aromatic carbocycles. The van der Waals surface area contributed by atoms with Crippen LogP contribution in [0.25, 0.3) is 262 Å². The average Bonchev–Trinajstić information content (AvgIpc) is 1.54. The van der Waals surface area contributed by atoms with Crippen LogP contribution in [0.5, 0.6) is 0 Å². The summed E-state index contributed by atoms with van der Waals surface area (Å²) in [5.74, 6) is 0.744. The van der Waals surface area contributed by atoms with Crippen molar-refractivity contribution in [3.05, 3.63) is 424 Å². The predicted octanol–water partition coefficient (Wildman–Crippen LogP) is 33.0. The van der Waals surface area contributed by atoms with Gasteiger partial charge in [-0.25, -0.2) is 29.9 Å². The Hall–Kier alpha value is -16.5. The van der Waals surface area contributed by atoms with Crippen LogP contribution < -0.4 is 0 Å². The van der Waals surface area contributed by atoms with Crippen molar-refractivity contribution >= 4 is 194 Å². The summed E-state index contributed by atoms with van der Waals surface area (Å²) in [6.45, 7) is 4.74. The second kappa shape index (κ2) is 29.3.